The molecule has 0 spiro atoms. The van der Waals surface area contributed by atoms with Crippen molar-refractivity contribution in [2.75, 3.05) is 6.61 Å². The topological polar surface area (TPSA) is 29.5 Å². The molecule has 0 heterocycles. The van der Waals surface area contributed by atoms with Crippen LogP contribution in [-0.2, 0) is 4.74 Å². The second-order valence-electron chi connectivity index (χ2n) is 5.94. The molecule has 0 aromatic heterocycles. The van der Waals surface area contributed by atoms with Crippen molar-refractivity contribution in [3.8, 4) is 0 Å². The molecule has 118 valence electrons. The van der Waals surface area contributed by atoms with Crippen LogP contribution in [0.4, 0.5) is 0 Å². The monoisotopic (exact) mass is 316 g/mol. The highest BCUT2D eigenvalue weighted by Crippen LogP contribution is 2.48. The molecule has 0 aliphatic rings. The third-order valence-electron chi connectivity index (χ3n) is 3.56. The van der Waals surface area contributed by atoms with Gasteiger partial charge in [-0.25, -0.2) is 0 Å². The Morgan fingerprint density at radius 1 is 0.955 bits per heavy atom. The maximum atomic E-state index is 9.45. The van der Waals surface area contributed by atoms with Crippen LogP contribution >= 0.6 is 7.92 Å². The molecule has 3 heteroatoms. The van der Waals surface area contributed by atoms with E-state index in [1.807, 2.05) is 12.1 Å². The van der Waals surface area contributed by atoms with E-state index < -0.39 is 7.92 Å². The molecule has 0 fully saturated rings. The van der Waals surface area contributed by atoms with Crippen LogP contribution in [0.5, 0.6) is 0 Å². The van der Waals surface area contributed by atoms with E-state index in [9.17, 15) is 5.11 Å². The molecular formula is C19H25O2P. The van der Waals surface area contributed by atoms with Gasteiger partial charge in [-0.2, -0.15) is 0 Å². The van der Waals surface area contributed by atoms with Gasteiger partial charge in [0.05, 0.1) is 18.1 Å². The Morgan fingerprint density at radius 2 is 1.41 bits per heavy atom. The van der Waals surface area contributed by atoms with Crippen LogP contribution in [0.2, 0.25) is 0 Å². The van der Waals surface area contributed by atoms with Crippen molar-refractivity contribution in [2.24, 2.45) is 0 Å². The van der Waals surface area contributed by atoms with E-state index in [1.54, 1.807) is 6.92 Å². The maximum absolute atomic E-state index is 9.45. The highest BCUT2D eigenvalue weighted by molar-refractivity contribution is 7.74. The van der Waals surface area contributed by atoms with Gasteiger partial charge < -0.3 is 9.84 Å². The van der Waals surface area contributed by atoms with Gasteiger partial charge in [-0.1, -0.05) is 60.7 Å². The smallest absolute Gasteiger partial charge is 0.0897 e. The Hall–Kier alpha value is -1.21. The fourth-order valence-corrected chi connectivity index (χ4v) is 5.17. The van der Waals surface area contributed by atoms with Gasteiger partial charge in [0.15, 0.2) is 0 Å². The molecule has 2 aromatic carbocycles. The number of aliphatic hydroxyl groups excluding tert-OH is 1. The molecule has 0 aliphatic carbocycles. The number of rotatable bonds is 7. The summed E-state index contributed by atoms with van der Waals surface area (Å²) in [6.45, 7) is 6.68. The number of benzene rings is 2. The van der Waals surface area contributed by atoms with E-state index in [2.05, 4.69) is 62.4 Å². The first kappa shape index (κ1) is 17.1. The van der Waals surface area contributed by atoms with Crippen LogP contribution in [0.1, 0.15) is 27.2 Å². The van der Waals surface area contributed by atoms with Gasteiger partial charge in [0.1, 0.15) is 0 Å². The number of aliphatic hydroxyl groups is 1. The molecule has 0 radical (unpaired) electrons. The van der Waals surface area contributed by atoms with E-state index in [-0.39, 0.29) is 11.4 Å². The zero-order chi connectivity index (χ0) is 16.0. The van der Waals surface area contributed by atoms with Crippen LogP contribution in [0, 0.1) is 0 Å². The standard InChI is InChI=1S/C19H25O2P/c1-16(20)14-15-21-19(2,3)22(17-10-6-4-7-11-17)18-12-8-5-9-13-18/h4-13,16,20H,14-15H2,1-3H3. The third-order valence-corrected chi connectivity index (χ3v) is 6.39. The van der Waals surface area contributed by atoms with Gasteiger partial charge in [0.2, 0.25) is 0 Å². The molecule has 2 rings (SSSR count). The summed E-state index contributed by atoms with van der Waals surface area (Å²) in [5.74, 6) is 0. The maximum Gasteiger partial charge on any atom is 0.0897 e. The molecule has 0 amide bonds. The lowest BCUT2D eigenvalue weighted by Crippen LogP contribution is -2.32. The Kier molecular flexibility index (Phi) is 6.14. The van der Waals surface area contributed by atoms with Gasteiger partial charge in [-0.05, 0) is 45.7 Å². The van der Waals surface area contributed by atoms with Crippen molar-refractivity contribution in [2.45, 2.75) is 38.6 Å². The lowest BCUT2D eigenvalue weighted by Gasteiger charge is -2.35. The number of hydrogen-bond acceptors (Lipinski definition) is 2. The Morgan fingerprint density at radius 3 is 1.82 bits per heavy atom. The summed E-state index contributed by atoms with van der Waals surface area (Å²) in [5, 5.41) is 11.8. The molecule has 1 N–H and O–H groups in total. The molecule has 2 aromatic rings. The van der Waals surface area contributed by atoms with Crippen molar-refractivity contribution in [3.05, 3.63) is 60.7 Å². The largest absolute Gasteiger partial charge is 0.393 e. The summed E-state index contributed by atoms with van der Waals surface area (Å²) < 4.78 is 6.18. The first-order valence-electron chi connectivity index (χ1n) is 7.73. The summed E-state index contributed by atoms with van der Waals surface area (Å²) in [5.41, 5.74) is 0. The summed E-state index contributed by atoms with van der Waals surface area (Å²) in [6, 6.07) is 21.1. The van der Waals surface area contributed by atoms with E-state index in [0.29, 0.717) is 13.0 Å². The van der Waals surface area contributed by atoms with Gasteiger partial charge in [-0.3, -0.25) is 0 Å². The average Bonchev–Trinajstić information content (AvgIpc) is 2.48. The van der Waals surface area contributed by atoms with E-state index >= 15 is 0 Å². The second kappa shape index (κ2) is 7.87. The van der Waals surface area contributed by atoms with Crippen molar-refractivity contribution in [3.63, 3.8) is 0 Å². The second-order valence-corrected chi connectivity index (χ2v) is 8.72. The predicted octanol–water partition coefficient (Wildman–Crippen LogP) is 3.64. The number of hydrogen-bond donors (Lipinski definition) is 1. The van der Waals surface area contributed by atoms with E-state index in [0.717, 1.165) is 0 Å². The normalized spacial score (nSPS) is 13.3. The summed E-state index contributed by atoms with van der Waals surface area (Å²) in [7, 11) is -0.629. The first-order valence-corrected chi connectivity index (χ1v) is 9.07. The minimum Gasteiger partial charge on any atom is -0.393 e. The van der Waals surface area contributed by atoms with Crippen molar-refractivity contribution in [1.29, 1.82) is 0 Å². The van der Waals surface area contributed by atoms with Crippen LogP contribution in [0.3, 0.4) is 0 Å². The van der Waals surface area contributed by atoms with Crippen LogP contribution < -0.4 is 10.6 Å². The molecule has 0 aliphatic heterocycles. The zero-order valence-electron chi connectivity index (χ0n) is 13.6. The molecule has 0 saturated carbocycles. The lowest BCUT2D eigenvalue weighted by molar-refractivity contribution is 0.0278. The fourth-order valence-electron chi connectivity index (χ4n) is 2.47. The Bertz CT molecular complexity index is 513. The molecule has 2 nitrogen and oxygen atoms in total. The van der Waals surface area contributed by atoms with Gasteiger partial charge in [-0.15, -0.1) is 0 Å². The van der Waals surface area contributed by atoms with E-state index in [4.69, 9.17) is 4.74 Å². The van der Waals surface area contributed by atoms with Crippen LogP contribution in [-0.4, -0.2) is 23.2 Å². The van der Waals surface area contributed by atoms with Crippen LogP contribution in [0.15, 0.2) is 60.7 Å². The summed E-state index contributed by atoms with van der Waals surface area (Å²) in [6.07, 6.45) is 0.339. The minimum atomic E-state index is -0.629. The molecule has 0 bridgehead atoms. The SMILES string of the molecule is CC(O)CCOC(C)(C)P(c1ccccc1)c1ccccc1. The van der Waals surface area contributed by atoms with Gasteiger partial charge in [0.25, 0.3) is 0 Å². The third kappa shape index (κ3) is 4.64. The first-order chi connectivity index (χ1) is 10.5. The summed E-state index contributed by atoms with van der Waals surface area (Å²) in [4.78, 5) is 0. The number of ether oxygens (including phenoxy) is 1. The highest BCUT2D eigenvalue weighted by atomic mass is 31.1. The van der Waals surface area contributed by atoms with E-state index in [1.165, 1.54) is 10.6 Å². The van der Waals surface area contributed by atoms with Crippen molar-refractivity contribution >= 4 is 18.5 Å². The van der Waals surface area contributed by atoms with Crippen molar-refractivity contribution < 1.29 is 9.84 Å². The van der Waals surface area contributed by atoms with Crippen LogP contribution in [0.25, 0.3) is 0 Å². The quantitative estimate of drug-likeness (QED) is 0.790. The molecule has 0 saturated heterocycles. The minimum absolute atomic E-state index is 0.285. The molecule has 22 heavy (non-hydrogen) atoms. The lowest BCUT2D eigenvalue weighted by atomic mass is 10.3. The fraction of sp³-hybridized carbons (Fsp3) is 0.368. The Balaban J connectivity index is 2.28. The van der Waals surface area contributed by atoms with Crippen molar-refractivity contribution in [1.82, 2.24) is 0 Å². The Labute approximate surface area is 134 Å². The molecule has 1 atom stereocenters. The van der Waals surface area contributed by atoms with Gasteiger partial charge >= 0.3 is 0 Å². The predicted molar refractivity (Wildman–Crippen MR) is 95.4 cm³/mol. The molecule has 1 unspecified atom stereocenters. The highest BCUT2D eigenvalue weighted by Gasteiger charge is 2.32. The summed E-state index contributed by atoms with van der Waals surface area (Å²) >= 11 is 0. The molecular weight excluding hydrogens is 291 g/mol. The average molecular weight is 316 g/mol. The van der Waals surface area contributed by atoms with Gasteiger partial charge in [0, 0.05) is 0 Å². The zero-order valence-corrected chi connectivity index (χ0v) is 14.5.